The molecule has 1 aliphatic carbocycles. The number of halogens is 2. The molecule has 0 aliphatic heterocycles. The Bertz CT molecular complexity index is 2260. The Morgan fingerprint density at radius 3 is 1.14 bits per heavy atom. The number of rotatable bonds is 16. The van der Waals surface area contributed by atoms with Gasteiger partial charge in [-0.15, -0.1) is 13.2 Å². The highest BCUT2D eigenvalue weighted by atomic mass is 79.9. The molecule has 7 rings (SSSR count). The monoisotopic (exact) mass is 904 g/mol. The van der Waals surface area contributed by atoms with Gasteiger partial charge < -0.3 is 9.80 Å². The molecule has 0 radical (unpaired) electrons. The second-order valence-electron chi connectivity index (χ2n) is 16.7. The number of anilines is 6. The van der Waals surface area contributed by atoms with Crippen molar-refractivity contribution in [3.63, 3.8) is 0 Å². The zero-order valence-electron chi connectivity index (χ0n) is 35.8. The van der Waals surface area contributed by atoms with E-state index in [4.69, 9.17) is 0 Å². The van der Waals surface area contributed by atoms with Gasteiger partial charge in [0.1, 0.15) is 0 Å². The number of fused-ring (bicyclic) bond motifs is 3. The smallest absolute Gasteiger partial charge is 0.0520 e. The van der Waals surface area contributed by atoms with Crippen LogP contribution in [0.3, 0.4) is 0 Å². The molecule has 0 heterocycles. The molecule has 0 spiro atoms. The van der Waals surface area contributed by atoms with Crippen LogP contribution >= 0.6 is 31.9 Å². The number of unbranched alkanes of at least 4 members (excludes halogenated alkanes) is 4. The van der Waals surface area contributed by atoms with E-state index in [-0.39, 0.29) is 5.41 Å². The molecular formula is C55H58Br2N2. The standard InChI is InChI=1S/C55H58Br2N2/c1-9-11-13-15-29-55(30-16-14-12-10-2)51-35-47(58(45-21-17-43(56)18-22-45)53-39(5)31-37(3)32-40(53)6)25-27-49(51)50-28-26-48(36-52(50)55)59(46-23-19-44(57)20-24-46)54-41(7)33-38(4)34-42(54)8/h9-10,17-28,31-36H,1-2,11-16,29-30H2,3-8H3. The van der Waals surface area contributed by atoms with Gasteiger partial charge in [-0.25, -0.2) is 0 Å². The van der Waals surface area contributed by atoms with E-state index in [2.05, 4.69) is 218 Å². The van der Waals surface area contributed by atoms with Crippen LogP contribution in [0.5, 0.6) is 0 Å². The summed E-state index contributed by atoms with van der Waals surface area (Å²) < 4.78 is 2.15. The van der Waals surface area contributed by atoms with Crippen LogP contribution in [-0.2, 0) is 5.41 Å². The van der Waals surface area contributed by atoms with Crippen molar-refractivity contribution in [1.82, 2.24) is 0 Å². The maximum absolute atomic E-state index is 4.09. The lowest BCUT2D eigenvalue weighted by Crippen LogP contribution is -2.26. The molecule has 2 nitrogen and oxygen atoms in total. The summed E-state index contributed by atoms with van der Waals surface area (Å²) in [5.41, 5.74) is 20.3. The Hall–Kier alpha value is -4.64. The zero-order chi connectivity index (χ0) is 41.8. The van der Waals surface area contributed by atoms with E-state index >= 15 is 0 Å². The Kier molecular flexibility index (Phi) is 13.2. The summed E-state index contributed by atoms with van der Waals surface area (Å²) in [5, 5.41) is 0. The Morgan fingerprint density at radius 1 is 0.458 bits per heavy atom. The predicted molar refractivity (Wildman–Crippen MR) is 263 cm³/mol. The lowest BCUT2D eigenvalue weighted by atomic mass is 9.70. The molecule has 0 aromatic heterocycles. The molecule has 0 unspecified atom stereocenters. The van der Waals surface area contributed by atoms with Gasteiger partial charge in [-0.05, 0) is 197 Å². The molecule has 6 aromatic rings. The summed E-state index contributed by atoms with van der Waals surface area (Å²) in [6.45, 7) is 21.6. The highest BCUT2D eigenvalue weighted by molar-refractivity contribution is 9.10. The van der Waals surface area contributed by atoms with Crippen LogP contribution in [0, 0.1) is 41.5 Å². The van der Waals surface area contributed by atoms with Gasteiger partial charge in [-0.2, -0.15) is 0 Å². The molecule has 0 N–H and O–H groups in total. The topological polar surface area (TPSA) is 6.48 Å². The molecule has 6 aromatic carbocycles. The summed E-state index contributed by atoms with van der Waals surface area (Å²) in [6, 6.07) is 41.5. The number of nitrogens with zero attached hydrogens (tertiary/aromatic N) is 2. The fourth-order valence-corrected chi connectivity index (χ4v) is 10.4. The molecule has 0 bridgehead atoms. The van der Waals surface area contributed by atoms with Crippen LogP contribution in [0.2, 0.25) is 0 Å². The number of hydrogen-bond acceptors (Lipinski definition) is 2. The van der Waals surface area contributed by atoms with E-state index in [1.807, 2.05) is 0 Å². The van der Waals surface area contributed by atoms with E-state index < -0.39 is 0 Å². The first-order chi connectivity index (χ1) is 28.4. The number of aryl methyl sites for hydroxylation is 6. The molecule has 4 heteroatoms. The minimum atomic E-state index is -0.176. The van der Waals surface area contributed by atoms with Gasteiger partial charge in [0, 0.05) is 37.1 Å². The average molecular weight is 907 g/mol. The van der Waals surface area contributed by atoms with Gasteiger partial charge in [0.05, 0.1) is 11.4 Å². The van der Waals surface area contributed by atoms with Gasteiger partial charge in [-0.1, -0.05) is 104 Å². The van der Waals surface area contributed by atoms with Crippen molar-refractivity contribution in [3.8, 4) is 11.1 Å². The maximum Gasteiger partial charge on any atom is 0.0520 e. The summed E-state index contributed by atoms with van der Waals surface area (Å²) in [7, 11) is 0. The van der Waals surface area contributed by atoms with E-state index in [1.54, 1.807) is 0 Å². The highest BCUT2D eigenvalue weighted by Gasteiger charge is 2.43. The lowest BCUT2D eigenvalue weighted by Gasteiger charge is -2.35. The summed E-state index contributed by atoms with van der Waals surface area (Å²) in [5.74, 6) is 0. The molecule has 0 amide bonds. The maximum atomic E-state index is 4.09. The normalized spacial score (nSPS) is 12.5. The third kappa shape index (κ3) is 8.68. The third-order valence-corrected chi connectivity index (χ3v) is 13.3. The Balaban J connectivity index is 1.47. The fourth-order valence-electron chi connectivity index (χ4n) is 9.89. The zero-order valence-corrected chi connectivity index (χ0v) is 38.9. The van der Waals surface area contributed by atoms with Crippen molar-refractivity contribution in [2.24, 2.45) is 0 Å². The SMILES string of the molecule is C=CCCCCC1(CCCCC=C)c2cc(N(c3ccc(Br)cc3)c3c(C)cc(C)cc3C)ccc2-c2ccc(N(c3ccc(Br)cc3)c3c(C)cc(C)cc3C)cc21. The van der Waals surface area contributed by atoms with Crippen LogP contribution in [0.15, 0.2) is 143 Å². The number of hydrogen-bond donors (Lipinski definition) is 0. The fraction of sp³-hybridized carbons (Fsp3) is 0.273. The lowest BCUT2D eigenvalue weighted by molar-refractivity contribution is 0.409. The van der Waals surface area contributed by atoms with Crippen molar-refractivity contribution in [3.05, 3.63) is 188 Å². The first-order valence-electron chi connectivity index (χ1n) is 21.2. The van der Waals surface area contributed by atoms with Crippen LogP contribution in [0.4, 0.5) is 34.1 Å². The quantitative estimate of drug-likeness (QED) is 0.0705. The second kappa shape index (κ2) is 18.3. The van der Waals surface area contributed by atoms with Crippen LogP contribution in [0.1, 0.15) is 95.9 Å². The largest absolute Gasteiger partial charge is 0.310 e. The molecule has 0 saturated carbocycles. The van der Waals surface area contributed by atoms with Gasteiger partial charge >= 0.3 is 0 Å². The number of allylic oxidation sites excluding steroid dienone is 2. The van der Waals surface area contributed by atoms with E-state index in [0.29, 0.717) is 0 Å². The molecule has 59 heavy (non-hydrogen) atoms. The Morgan fingerprint density at radius 2 is 0.797 bits per heavy atom. The minimum Gasteiger partial charge on any atom is -0.310 e. The van der Waals surface area contributed by atoms with E-state index in [9.17, 15) is 0 Å². The number of benzene rings is 6. The van der Waals surface area contributed by atoms with Crippen LogP contribution in [-0.4, -0.2) is 0 Å². The highest BCUT2D eigenvalue weighted by Crippen LogP contribution is 2.57. The van der Waals surface area contributed by atoms with Gasteiger partial charge in [0.25, 0.3) is 0 Å². The minimum absolute atomic E-state index is 0.176. The van der Waals surface area contributed by atoms with Crippen LogP contribution < -0.4 is 9.80 Å². The van der Waals surface area contributed by atoms with E-state index in [0.717, 1.165) is 71.7 Å². The molecule has 0 atom stereocenters. The average Bonchev–Trinajstić information content (AvgIpc) is 3.46. The van der Waals surface area contributed by atoms with Crippen molar-refractivity contribution in [2.75, 3.05) is 9.80 Å². The summed E-state index contributed by atoms with van der Waals surface area (Å²) >= 11 is 7.42. The van der Waals surface area contributed by atoms with Gasteiger partial charge in [-0.3, -0.25) is 0 Å². The predicted octanol–water partition coefficient (Wildman–Crippen LogP) is 17.8. The molecule has 0 saturated heterocycles. The molecule has 302 valence electrons. The third-order valence-electron chi connectivity index (χ3n) is 12.3. The summed E-state index contributed by atoms with van der Waals surface area (Å²) in [4.78, 5) is 4.98. The first kappa shape index (κ1) is 42.5. The Labute approximate surface area is 371 Å². The van der Waals surface area contributed by atoms with Crippen LogP contribution in [0.25, 0.3) is 11.1 Å². The van der Waals surface area contributed by atoms with Crippen molar-refractivity contribution in [1.29, 1.82) is 0 Å². The first-order valence-corrected chi connectivity index (χ1v) is 22.8. The van der Waals surface area contributed by atoms with E-state index in [1.165, 1.54) is 78.4 Å². The second-order valence-corrected chi connectivity index (χ2v) is 18.6. The molecule has 1 aliphatic rings. The van der Waals surface area contributed by atoms with Crippen molar-refractivity contribution < 1.29 is 0 Å². The molecular weight excluding hydrogens is 848 g/mol. The molecule has 0 fully saturated rings. The van der Waals surface area contributed by atoms with Gasteiger partial charge in [0.2, 0.25) is 0 Å². The summed E-state index contributed by atoms with van der Waals surface area (Å²) in [6.07, 6.45) is 12.9. The van der Waals surface area contributed by atoms with Crippen molar-refractivity contribution in [2.45, 2.75) is 98.3 Å². The van der Waals surface area contributed by atoms with Gasteiger partial charge in [0.15, 0.2) is 0 Å². The van der Waals surface area contributed by atoms with Crippen molar-refractivity contribution >= 4 is 66.0 Å².